The number of carbonyl (C=O) groups excluding carboxylic acids is 1. The summed E-state index contributed by atoms with van der Waals surface area (Å²) < 4.78 is 7.70. The third-order valence-electron chi connectivity index (χ3n) is 4.63. The van der Waals surface area contributed by atoms with Crippen LogP contribution < -0.4 is 9.64 Å². The van der Waals surface area contributed by atoms with Crippen LogP contribution >= 0.6 is 0 Å². The number of ether oxygens (including phenoxy) is 1. The van der Waals surface area contributed by atoms with Gasteiger partial charge in [-0.2, -0.15) is 0 Å². The number of benzene rings is 2. The second-order valence-electron chi connectivity index (χ2n) is 7.27. The van der Waals surface area contributed by atoms with Crippen molar-refractivity contribution < 1.29 is 9.53 Å². The molecule has 1 aliphatic rings. The summed E-state index contributed by atoms with van der Waals surface area (Å²) in [5.74, 6) is 0.526. The standard InChI is InChI=1S/C21H23N5O2/c1-15-7-6-8-16(11-15)26-14-18(22-23-26)21(27)25-13-17(12-24(2)3)28-20-10-5-4-9-19(20)25/h4-11,14,17H,12-13H2,1-3H3. The average Bonchev–Trinajstić information content (AvgIpc) is 3.16. The summed E-state index contributed by atoms with van der Waals surface area (Å²) in [7, 11) is 3.98. The van der Waals surface area contributed by atoms with Crippen molar-refractivity contribution in [3.63, 3.8) is 0 Å². The van der Waals surface area contributed by atoms with Gasteiger partial charge in [-0.05, 0) is 50.8 Å². The Morgan fingerprint density at radius 1 is 1.21 bits per heavy atom. The lowest BCUT2D eigenvalue weighted by Crippen LogP contribution is -2.47. The topological polar surface area (TPSA) is 63.5 Å². The van der Waals surface area contributed by atoms with Crippen molar-refractivity contribution in [2.24, 2.45) is 0 Å². The molecule has 0 N–H and O–H groups in total. The number of hydrogen-bond donors (Lipinski definition) is 0. The molecule has 0 fully saturated rings. The molecule has 1 atom stereocenters. The second kappa shape index (κ2) is 7.44. The van der Waals surface area contributed by atoms with Crippen LogP contribution in [0.2, 0.25) is 0 Å². The highest BCUT2D eigenvalue weighted by Gasteiger charge is 2.31. The summed E-state index contributed by atoms with van der Waals surface area (Å²) in [6.45, 7) is 3.20. The van der Waals surface area contributed by atoms with E-state index in [4.69, 9.17) is 4.74 Å². The Bertz CT molecular complexity index is 998. The molecule has 0 saturated heterocycles. The lowest BCUT2D eigenvalue weighted by Gasteiger charge is -2.35. The number of fused-ring (bicyclic) bond motifs is 1. The minimum absolute atomic E-state index is 0.110. The summed E-state index contributed by atoms with van der Waals surface area (Å²) >= 11 is 0. The van der Waals surface area contributed by atoms with Gasteiger partial charge in [-0.1, -0.05) is 29.5 Å². The van der Waals surface area contributed by atoms with Gasteiger partial charge in [0.25, 0.3) is 5.91 Å². The Morgan fingerprint density at radius 2 is 2.04 bits per heavy atom. The van der Waals surface area contributed by atoms with Gasteiger partial charge in [0.05, 0.1) is 24.1 Å². The fourth-order valence-electron chi connectivity index (χ4n) is 3.39. The largest absolute Gasteiger partial charge is 0.485 e. The first-order chi connectivity index (χ1) is 13.5. The highest BCUT2D eigenvalue weighted by atomic mass is 16.5. The van der Waals surface area contributed by atoms with Crippen LogP contribution in [0.3, 0.4) is 0 Å². The molecule has 7 nitrogen and oxygen atoms in total. The smallest absolute Gasteiger partial charge is 0.280 e. The van der Waals surface area contributed by atoms with E-state index >= 15 is 0 Å². The zero-order valence-electron chi connectivity index (χ0n) is 16.2. The number of likely N-dealkylation sites (N-methyl/N-ethyl adjacent to an activating group) is 1. The maximum atomic E-state index is 13.2. The third-order valence-corrected chi connectivity index (χ3v) is 4.63. The molecule has 4 rings (SSSR count). The molecule has 0 radical (unpaired) electrons. The SMILES string of the molecule is Cc1cccc(-n2cc(C(=O)N3CC(CN(C)C)Oc4ccccc43)nn2)c1. The van der Waals surface area contributed by atoms with Crippen molar-refractivity contribution in [1.29, 1.82) is 0 Å². The van der Waals surface area contributed by atoms with Crippen molar-refractivity contribution >= 4 is 11.6 Å². The van der Waals surface area contributed by atoms with Gasteiger partial charge in [0.1, 0.15) is 11.9 Å². The number of amides is 1. The molecule has 0 saturated carbocycles. The number of rotatable bonds is 4. The second-order valence-corrected chi connectivity index (χ2v) is 7.27. The molecule has 1 unspecified atom stereocenters. The molecule has 0 bridgehead atoms. The lowest BCUT2D eigenvalue weighted by molar-refractivity contribution is 0.0936. The van der Waals surface area contributed by atoms with E-state index < -0.39 is 0 Å². The van der Waals surface area contributed by atoms with Crippen molar-refractivity contribution in [1.82, 2.24) is 19.9 Å². The minimum Gasteiger partial charge on any atom is -0.485 e. The van der Waals surface area contributed by atoms with E-state index in [0.29, 0.717) is 24.5 Å². The third kappa shape index (κ3) is 3.61. The maximum absolute atomic E-state index is 13.2. The van der Waals surface area contributed by atoms with Gasteiger partial charge in [0, 0.05) is 6.54 Å². The lowest BCUT2D eigenvalue weighted by atomic mass is 10.1. The molecule has 3 aromatic rings. The molecule has 0 aliphatic carbocycles. The molecular weight excluding hydrogens is 354 g/mol. The quantitative estimate of drug-likeness (QED) is 0.699. The number of para-hydroxylation sites is 2. The van der Waals surface area contributed by atoms with Gasteiger partial charge in [0.2, 0.25) is 0 Å². The predicted molar refractivity (Wildman–Crippen MR) is 107 cm³/mol. The molecule has 2 heterocycles. The van der Waals surface area contributed by atoms with Crippen LogP contribution in [0.4, 0.5) is 5.69 Å². The summed E-state index contributed by atoms with van der Waals surface area (Å²) in [6, 6.07) is 15.5. The van der Waals surface area contributed by atoms with Crippen LogP contribution in [-0.2, 0) is 0 Å². The van der Waals surface area contributed by atoms with E-state index in [1.165, 1.54) is 0 Å². The van der Waals surface area contributed by atoms with Gasteiger partial charge < -0.3 is 9.64 Å². The monoisotopic (exact) mass is 377 g/mol. The molecule has 1 aromatic heterocycles. The van der Waals surface area contributed by atoms with Crippen molar-refractivity contribution in [2.75, 3.05) is 32.1 Å². The van der Waals surface area contributed by atoms with E-state index in [9.17, 15) is 4.79 Å². The summed E-state index contributed by atoms with van der Waals surface area (Å²) in [5, 5.41) is 8.27. The number of nitrogens with zero attached hydrogens (tertiary/aromatic N) is 5. The zero-order valence-corrected chi connectivity index (χ0v) is 16.2. The predicted octanol–water partition coefficient (Wildman–Crippen LogP) is 2.55. The van der Waals surface area contributed by atoms with Crippen LogP contribution in [0.1, 0.15) is 16.1 Å². The van der Waals surface area contributed by atoms with Crippen molar-refractivity contribution in [2.45, 2.75) is 13.0 Å². The van der Waals surface area contributed by atoms with E-state index in [2.05, 4.69) is 15.2 Å². The molecule has 28 heavy (non-hydrogen) atoms. The molecule has 1 amide bonds. The van der Waals surface area contributed by atoms with Crippen LogP contribution in [0.15, 0.2) is 54.7 Å². The summed E-state index contributed by atoms with van der Waals surface area (Å²) in [5.41, 5.74) is 3.06. The number of aryl methyl sites for hydroxylation is 1. The van der Waals surface area contributed by atoms with Gasteiger partial charge in [-0.3, -0.25) is 9.69 Å². The van der Waals surface area contributed by atoms with Crippen LogP contribution in [0, 0.1) is 6.92 Å². The number of anilines is 1. The summed E-state index contributed by atoms with van der Waals surface area (Å²) in [6.07, 6.45) is 1.57. The highest BCUT2D eigenvalue weighted by Crippen LogP contribution is 2.34. The fourth-order valence-corrected chi connectivity index (χ4v) is 3.39. The Morgan fingerprint density at radius 3 is 2.82 bits per heavy atom. The zero-order chi connectivity index (χ0) is 19.7. The van der Waals surface area contributed by atoms with Crippen LogP contribution in [-0.4, -0.2) is 59.1 Å². The van der Waals surface area contributed by atoms with Gasteiger partial charge in [0.15, 0.2) is 5.69 Å². The fraction of sp³-hybridized carbons (Fsp3) is 0.286. The Balaban J connectivity index is 1.63. The van der Waals surface area contributed by atoms with E-state index in [1.807, 2.05) is 69.6 Å². The molecule has 144 valence electrons. The van der Waals surface area contributed by atoms with Crippen LogP contribution in [0.5, 0.6) is 5.75 Å². The molecule has 0 spiro atoms. The molecule has 2 aromatic carbocycles. The van der Waals surface area contributed by atoms with Crippen molar-refractivity contribution in [3.8, 4) is 11.4 Å². The normalized spacial score (nSPS) is 16.0. The highest BCUT2D eigenvalue weighted by molar-refractivity contribution is 6.05. The van der Waals surface area contributed by atoms with E-state index in [1.54, 1.807) is 15.8 Å². The van der Waals surface area contributed by atoms with Crippen LogP contribution in [0.25, 0.3) is 5.69 Å². The Labute approximate surface area is 164 Å². The number of carbonyl (C=O) groups is 1. The van der Waals surface area contributed by atoms with E-state index in [0.717, 1.165) is 16.9 Å². The first-order valence-electron chi connectivity index (χ1n) is 9.23. The molecule has 1 aliphatic heterocycles. The Hall–Kier alpha value is -3.19. The van der Waals surface area contributed by atoms with E-state index in [-0.39, 0.29) is 12.0 Å². The number of aromatic nitrogens is 3. The van der Waals surface area contributed by atoms with Gasteiger partial charge in [-0.15, -0.1) is 5.10 Å². The molecule has 7 heteroatoms. The first kappa shape index (κ1) is 18.2. The maximum Gasteiger partial charge on any atom is 0.280 e. The number of hydrogen-bond acceptors (Lipinski definition) is 5. The van der Waals surface area contributed by atoms with Gasteiger partial charge in [-0.25, -0.2) is 4.68 Å². The molecular formula is C21H23N5O2. The minimum atomic E-state index is -0.182. The van der Waals surface area contributed by atoms with Gasteiger partial charge >= 0.3 is 0 Å². The Kier molecular flexibility index (Phi) is 4.83. The average molecular weight is 377 g/mol. The summed E-state index contributed by atoms with van der Waals surface area (Å²) in [4.78, 5) is 17.0. The first-order valence-corrected chi connectivity index (χ1v) is 9.23. The van der Waals surface area contributed by atoms with Crippen molar-refractivity contribution in [3.05, 3.63) is 66.0 Å².